The Hall–Kier alpha value is -1.56. The van der Waals surface area contributed by atoms with E-state index in [9.17, 15) is 4.79 Å². The van der Waals surface area contributed by atoms with E-state index in [2.05, 4.69) is 9.97 Å². The molecule has 2 heterocycles. The molecule has 1 saturated heterocycles. The minimum absolute atomic E-state index is 0.187. The zero-order valence-corrected chi connectivity index (χ0v) is 9.80. The Labute approximate surface area is 103 Å². The summed E-state index contributed by atoms with van der Waals surface area (Å²) in [5.74, 6) is 0.328. The van der Waals surface area contributed by atoms with Gasteiger partial charge in [0, 0.05) is 6.54 Å². The van der Waals surface area contributed by atoms with Gasteiger partial charge in [-0.15, -0.1) is 0 Å². The SMILES string of the molecule is O=C(O)N1CCC[C@H](Oc2cncc(Cl)n2)C1. The van der Waals surface area contributed by atoms with Crippen molar-refractivity contribution >= 4 is 17.7 Å². The predicted octanol–water partition coefficient (Wildman–Crippen LogP) is 1.65. The molecule has 0 aromatic carbocycles. The van der Waals surface area contributed by atoms with Crippen LogP contribution in [0, 0.1) is 0 Å². The molecule has 0 aliphatic carbocycles. The van der Waals surface area contributed by atoms with Crippen LogP contribution in [-0.2, 0) is 0 Å². The maximum Gasteiger partial charge on any atom is 0.407 e. The largest absolute Gasteiger partial charge is 0.471 e. The highest BCUT2D eigenvalue weighted by molar-refractivity contribution is 6.29. The molecular weight excluding hydrogens is 246 g/mol. The Morgan fingerprint density at radius 1 is 1.59 bits per heavy atom. The summed E-state index contributed by atoms with van der Waals surface area (Å²) in [5.41, 5.74) is 0. The summed E-state index contributed by atoms with van der Waals surface area (Å²) in [6.45, 7) is 0.903. The molecule has 1 aromatic rings. The Bertz CT molecular complexity index is 416. The lowest BCUT2D eigenvalue weighted by Gasteiger charge is -2.30. The van der Waals surface area contributed by atoms with Crippen molar-refractivity contribution < 1.29 is 14.6 Å². The average molecular weight is 258 g/mol. The average Bonchev–Trinajstić information content (AvgIpc) is 2.29. The molecular formula is C10H12ClN3O3. The van der Waals surface area contributed by atoms with Gasteiger partial charge in [-0.3, -0.25) is 4.98 Å². The molecule has 92 valence electrons. The van der Waals surface area contributed by atoms with Crippen LogP contribution in [0.4, 0.5) is 4.79 Å². The van der Waals surface area contributed by atoms with E-state index in [1.807, 2.05) is 0 Å². The Kier molecular flexibility index (Phi) is 3.63. The first kappa shape index (κ1) is 11.9. The van der Waals surface area contributed by atoms with Gasteiger partial charge in [-0.1, -0.05) is 11.6 Å². The summed E-state index contributed by atoms with van der Waals surface area (Å²) in [6.07, 6.45) is 3.36. The van der Waals surface area contributed by atoms with E-state index in [0.717, 1.165) is 12.8 Å². The summed E-state index contributed by atoms with van der Waals surface area (Å²) in [6, 6.07) is 0. The standard InChI is InChI=1S/C10H12ClN3O3/c11-8-4-12-5-9(13-8)17-7-2-1-3-14(6-7)10(15)16/h4-5,7H,1-3,6H2,(H,15,16)/t7-/m0/s1. The number of hydrogen-bond acceptors (Lipinski definition) is 4. The number of carboxylic acid groups (broad SMARTS) is 1. The van der Waals surface area contributed by atoms with E-state index in [0.29, 0.717) is 19.0 Å². The zero-order chi connectivity index (χ0) is 12.3. The fraction of sp³-hybridized carbons (Fsp3) is 0.500. The topological polar surface area (TPSA) is 75.5 Å². The number of carbonyl (C=O) groups is 1. The Morgan fingerprint density at radius 2 is 2.41 bits per heavy atom. The highest BCUT2D eigenvalue weighted by Crippen LogP contribution is 2.17. The third-order valence-electron chi connectivity index (χ3n) is 2.52. The second-order valence-corrected chi connectivity index (χ2v) is 4.18. The summed E-state index contributed by atoms with van der Waals surface area (Å²) < 4.78 is 5.55. The van der Waals surface area contributed by atoms with Crippen molar-refractivity contribution in [2.45, 2.75) is 18.9 Å². The molecule has 17 heavy (non-hydrogen) atoms. The second kappa shape index (κ2) is 5.18. The molecule has 0 unspecified atom stereocenters. The quantitative estimate of drug-likeness (QED) is 0.872. The van der Waals surface area contributed by atoms with Crippen molar-refractivity contribution in [3.05, 3.63) is 17.5 Å². The van der Waals surface area contributed by atoms with Crippen molar-refractivity contribution in [2.24, 2.45) is 0 Å². The number of rotatable bonds is 2. The molecule has 1 aliphatic rings. The van der Waals surface area contributed by atoms with Crippen molar-refractivity contribution in [2.75, 3.05) is 13.1 Å². The fourth-order valence-electron chi connectivity index (χ4n) is 1.76. The van der Waals surface area contributed by atoms with Crippen molar-refractivity contribution in [3.63, 3.8) is 0 Å². The van der Waals surface area contributed by atoms with Crippen LogP contribution in [0.25, 0.3) is 0 Å². The van der Waals surface area contributed by atoms with Crippen molar-refractivity contribution in [1.29, 1.82) is 0 Å². The van der Waals surface area contributed by atoms with Crippen LogP contribution in [0.3, 0.4) is 0 Å². The molecule has 0 radical (unpaired) electrons. The molecule has 0 saturated carbocycles. The van der Waals surface area contributed by atoms with Crippen LogP contribution in [0.15, 0.2) is 12.4 Å². The van der Waals surface area contributed by atoms with Crippen LogP contribution in [-0.4, -0.2) is 45.3 Å². The second-order valence-electron chi connectivity index (χ2n) is 3.79. The van der Waals surface area contributed by atoms with Gasteiger partial charge in [0.25, 0.3) is 0 Å². The van der Waals surface area contributed by atoms with Crippen LogP contribution < -0.4 is 4.74 Å². The van der Waals surface area contributed by atoms with Crippen LogP contribution >= 0.6 is 11.6 Å². The van der Waals surface area contributed by atoms with E-state index in [1.54, 1.807) is 0 Å². The number of likely N-dealkylation sites (tertiary alicyclic amines) is 1. The first-order chi connectivity index (χ1) is 8.15. The van der Waals surface area contributed by atoms with Gasteiger partial charge in [0.1, 0.15) is 6.10 Å². The lowest BCUT2D eigenvalue weighted by Crippen LogP contribution is -2.43. The van der Waals surface area contributed by atoms with Gasteiger partial charge in [-0.2, -0.15) is 4.98 Å². The fourth-order valence-corrected chi connectivity index (χ4v) is 1.90. The van der Waals surface area contributed by atoms with Gasteiger partial charge in [-0.05, 0) is 12.8 Å². The van der Waals surface area contributed by atoms with Gasteiger partial charge < -0.3 is 14.7 Å². The molecule has 1 N–H and O–H groups in total. The van der Waals surface area contributed by atoms with E-state index >= 15 is 0 Å². The van der Waals surface area contributed by atoms with Gasteiger partial charge in [0.2, 0.25) is 5.88 Å². The van der Waals surface area contributed by atoms with Crippen LogP contribution in [0.2, 0.25) is 5.15 Å². The molecule has 6 nitrogen and oxygen atoms in total. The molecule has 0 bridgehead atoms. The monoisotopic (exact) mass is 257 g/mol. The smallest absolute Gasteiger partial charge is 0.407 e. The van der Waals surface area contributed by atoms with E-state index < -0.39 is 6.09 Å². The minimum atomic E-state index is -0.921. The van der Waals surface area contributed by atoms with Gasteiger partial charge in [0.15, 0.2) is 5.15 Å². The van der Waals surface area contributed by atoms with Crippen LogP contribution in [0.5, 0.6) is 5.88 Å². The van der Waals surface area contributed by atoms with E-state index in [1.165, 1.54) is 17.3 Å². The zero-order valence-electron chi connectivity index (χ0n) is 9.04. The number of halogens is 1. The third-order valence-corrected chi connectivity index (χ3v) is 2.70. The maximum absolute atomic E-state index is 10.8. The molecule has 1 aromatic heterocycles. The van der Waals surface area contributed by atoms with Crippen LogP contribution in [0.1, 0.15) is 12.8 Å². The highest BCUT2D eigenvalue weighted by atomic mass is 35.5. The number of hydrogen-bond donors (Lipinski definition) is 1. The Morgan fingerprint density at radius 3 is 3.12 bits per heavy atom. The summed E-state index contributed by atoms with van der Waals surface area (Å²) in [7, 11) is 0. The number of piperidine rings is 1. The molecule has 1 aliphatic heterocycles. The molecule has 1 atom stereocenters. The summed E-state index contributed by atoms with van der Waals surface area (Å²) in [5, 5.41) is 9.15. The molecule has 1 amide bonds. The number of amides is 1. The lowest BCUT2D eigenvalue weighted by molar-refractivity contribution is 0.0765. The molecule has 1 fully saturated rings. The molecule has 2 rings (SSSR count). The van der Waals surface area contributed by atoms with Gasteiger partial charge >= 0.3 is 6.09 Å². The van der Waals surface area contributed by atoms with E-state index in [-0.39, 0.29) is 11.3 Å². The lowest BCUT2D eigenvalue weighted by atomic mass is 10.1. The summed E-state index contributed by atoms with van der Waals surface area (Å²) in [4.78, 5) is 20.0. The van der Waals surface area contributed by atoms with Crippen molar-refractivity contribution in [1.82, 2.24) is 14.9 Å². The molecule has 7 heteroatoms. The Balaban J connectivity index is 1.97. The number of nitrogens with zero attached hydrogens (tertiary/aromatic N) is 3. The van der Waals surface area contributed by atoms with Gasteiger partial charge in [-0.25, -0.2) is 4.79 Å². The van der Waals surface area contributed by atoms with Gasteiger partial charge in [0.05, 0.1) is 18.9 Å². The first-order valence-electron chi connectivity index (χ1n) is 5.27. The number of aromatic nitrogens is 2. The summed E-state index contributed by atoms with van der Waals surface area (Å²) >= 11 is 5.68. The maximum atomic E-state index is 10.8. The predicted molar refractivity (Wildman–Crippen MR) is 60.3 cm³/mol. The normalized spacial score (nSPS) is 20.1. The third kappa shape index (κ3) is 3.20. The van der Waals surface area contributed by atoms with Crippen molar-refractivity contribution in [3.8, 4) is 5.88 Å². The molecule has 0 spiro atoms. The minimum Gasteiger partial charge on any atom is -0.471 e. The number of ether oxygens (including phenoxy) is 1. The highest BCUT2D eigenvalue weighted by Gasteiger charge is 2.24. The van der Waals surface area contributed by atoms with E-state index in [4.69, 9.17) is 21.4 Å². The first-order valence-corrected chi connectivity index (χ1v) is 5.65.